The molecule has 0 fully saturated rings. The van der Waals surface area contributed by atoms with Crippen LogP contribution in [-0.4, -0.2) is 15.8 Å². The average Bonchev–Trinajstić information content (AvgIpc) is 3.29. The third-order valence-electron chi connectivity index (χ3n) is 6.38. The summed E-state index contributed by atoms with van der Waals surface area (Å²) in [5, 5.41) is 0. The van der Waals surface area contributed by atoms with Gasteiger partial charge in [0.2, 0.25) is 0 Å². The first kappa shape index (κ1) is 23.0. The Morgan fingerprint density at radius 3 is 1.92 bits per heavy atom. The first-order valence-electron chi connectivity index (χ1n) is 12.2. The van der Waals surface area contributed by atoms with Crippen LogP contribution < -0.4 is 0 Å². The zero-order valence-corrected chi connectivity index (χ0v) is 21.3. The summed E-state index contributed by atoms with van der Waals surface area (Å²) in [6.45, 7) is 0. The van der Waals surface area contributed by atoms with E-state index in [0.29, 0.717) is 0 Å². The second kappa shape index (κ2) is 10.3. The molecule has 0 unspecified atom stereocenters. The molecule has 5 aromatic carbocycles. The smallest absolute Gasteiger partial charge is 0.152 e. The normalized spacial score (nSPS) is 11.4. The van der Waals surface area contributed by atoms with Crippen LogP contribution >= 0.6 is 11.8 Å². The lowest BCUT2D eigenvalue weighted by atomic mass is 9.98. The first-order valence-corrected chi connectivity index (χ1v) is 13.1. The predicted octanol–water partition coefficient (Wildman–Crippen LogP) is 8.81. The number of para-hydroxylation sites is 1. The molecule has 6 aromatic rings. The first-order chi connectivity index (χ1) is 18.3. The molecule has 0 bridgehead atoms. The average molecular weight is 496 g/mol. The third-order valence-corrected chi connectivity index (χ3v) is 7.45. The molecule has 3 nitrogen and oxygen atoms in total. The molecule has 178 valence electrons. The van der Waals surface area contributed by atoms with Gasteiger partial charge < -0.3 is 4.57 Å². The zero-order chi connectivity index (χ0) is 25.0. The number of aryl methyl sites for hydroxylation is 1. The lowest BCUT2D eigenvalue weighted by Crippen LogP contribution is -1.97. The molecule has 4 heteroatoms. The van der Waals surface area contributed by atoms with Crippen LogP contribution in [0.3, 0.4) is 0 Å². The second-order valence-electron chi connectivity index (χ2n) is 8.76. The van der Waals surface area contributed by atoms with Crippen LogP contribution in [0.4, 0.5) is 5.69 Å². The van der Waals surface area contributed by atoms with Crippen molar-refractivity contribution in [1.29, 1.82) is 0 Å². The lowest BCUT2D eigenvalue weighted by molar-refractivity contribution is 0.935. The summed E-state index contributed by atoms with van der Waals surface area (Å²) in [6, 6.07) is 44.0. The number of aliphatic imine (C=N–C) groups is 1. The summed E-state index contributed by atoms with van der Waals surface area (Å²) in [5.41, 5.74) is 7.59. The van der Waals surface area contributed by atoms with Gasteiger partial charge in [0.1, 0.15) is 0 Å². The van der Waals surface area contributed by atoms with Gasteiger partial charge in [0.25, 0.3) is 0 Å². The van der Waals surface area contributed by atoms with E-state index in [4.69, 9.17) is 9.98 Å². The quantitative estimate of drug-likeness (QED) is 0.216. The van der Waals surface area contributed by atoms with Gasteiger partial charge in [0, 0.05) is 28.0 Å². The molecule has 1 heterocycles. The molecular formula is C33H25N3S. The number of rotatable bonds is 6. The number of nitrogens with zero attached hydrogens (tertiary/aromatic N) is 3. The molecule has 0 aliphatic carbocycles. The highest BCUT2D eigenvalue weighted by atomic mass is 32.2. The van der Waals surface area contributed by atoms with Gasteiger partial charge in [-0.2, -0.15) is 0 Å². The van der Waals surface area contributed by atoms with Crippen molar-refractivity contribution < 1.29 is 0 Å². The fourth-order valence-electron chi connectivity index (χ4n) is 4.55. The van der Waals surface area contributed by atoms with E-state index >= 15 is 0 Å². The van der Waals surface area contributed by atoms with E-state index in [1.165, 1.54) is 10.5 Å². The molecule has 0 saturated heterocycles. The van der Waals surface area contributed by atoms with Crippen LogP contribution in [0.5, 0.6) is 0 Å². The maximum absolute atomic E-state index is 5.11. The highest BCUT2D eigenvalue weighted by Crippen LogP contribution is 2.37. The highest BCUT2D eigenvalue weighted by molar-refractivity contribution is 7.99. The van der Waals surface area contributed by atoms with Crippen LogP contribution in [0, 0.1) is 0 Å². The Morgan fingerprint density at radius 1 is 0.649 bits per heavy atom. The van der Waals surface area contributed by atoms with Crippen LogP contribution in [0.15, 0.2) is 142 Å². The van der Waals surface area contributed by atoms with E-state index in [1.807, 2.05) is 30.5 Å². The number of hydrogen-bond donors (Lipinski definition) is 0. The van der Waals surface area contributed by atoms with Crippen molar-refractivity contribution in [2.24, 2.45) is 12.0 Å². The van der Waals surface area contributed by atoms with Gasteiger partial charge >= 0.3 is 0 Å². The molecular weight excluding hydrogens is 470 g/mol. The Hall–Kier alpha value is -4.41. The van der Waals surface area contributed by atoms with Gasteiger partial charge in [-0.15, -0.1) is 0 Å². The Morgan fingerprint density at radius 2 is 1.22 bits per heavy atom. The van der Waals surface area contributed by atoms with Crippen LogP contribution in [0.1, 0.15) is 5.82 Å². The minimum absolute atomic E-state index is 0.815. The van der Waals surface area contributed by atoms with E-state index in [0.717, 1.165) is 44.1 Å². The van der Waals surface area contributed by atoms with Gasteiger partial charge in [-0.25, -0.2) is 4.98 Å². The largest absolute Gasteiger partial charge is 0.326 e. The molecule has 1 aromatic heterocycles. The topological polar surface area (TPSA) is 30.2 Å². The molecule has 0 amide bonds. The predicted molar refractivity (Wildman–Crippen MR) is 156 cm³/mol. The summed E-state index contributed by atoms with van der Waals surface area (Å²) in [4.78, 5) is 12.3. The number of hydrogen-bond acceptors (Lipinski definition) is 3. The zero-order valence-electron chi connectivity index (χ0n) is 20.5. The fraction of sp³-hybridized carbons (Fsp3) is 0.0303. The minimum Gasteiger partial charge on any atom is -0.326 e. The van der Waals surface area contributed by atoms with E-state index < -0.39 is 0 Å². The summed E-state index contributed by atoms with van der Waals surface area (Å²) < 4.78 is 2.15. The molecule has 0 N–H and O–H groups in total. The number of imidazole rings is 1. The van der Waals surface area contributed by atoms with E-state index in [2.05, 4.69) is 115 Å². The van der Waals surface area contributed by atoms with E-state index in [1.54, 1.807) is 11.8 Å². The molecule has 6 rings (SSSR count). The summed E-state index contributed by atoms with van der Waals surface area (Å²) in [7, 11) is 2.07. The lowest BCUT2D eigenvalue weighted by Gasteiger charge is -2.10. The molecule has 0 spiro atoms. The Labute approximate surface area is 221 Å². The molecule has 0 saturated carbocycles. The third kappa shape index (κ3) is 4.72. The highest BCUT2D eigenvalue weighted by Gasteiger charge is 2.16. The molecule has 0 radical (unpaired) electrons. The van der Waals surface area contributed by atoms with Crippen molar-refractivity contribution in [1.82, 2.24) is 9.55 Å². The van der Waals surface area contributed by atoms with Crippen molar-refractivity contribution in [3.8, 4) is 22.3 Å². The van der Waals surface area contributed by atoms with Crippen LogP contribution in [0.25, 0.3) is 33.3 Å². The Kier molecular flexibility index (Phi) is 6.40. The van der Waals surface area contributed by atoms with Gasteiger partial charge in [-0.05, 0) is 35.4 Å². The van der Waals surface area contributed by atoms with Gasteiger partial charge in [0.05, 0.1) is 22.9 Å². The van der Waals surface area contributed by atoms with Crippen molar-refractivity contribution in [3.05, 3.63) is 133 Å². The summed E-state index contributed by atoms with van der Waals surface area (Å²) >= 11 is 1.72. The van der Waals surface area contributed by atoms with Crippen molar-refractivity contribution in [2.45, 2.75) is 9.79 Å². The Balaban J connectivity index is 1.46. The van der Waals surface area contributed by atoms with Crippen molar-refractivity contribution in [3.63, 3.8) is 0 Å². The molecule has 0 aliphatic heterocycles. The van der Waals surface area contributed by atoms with Gasteiger partial charge in [-0.3, -0.25) is 4.99 Å². The van der Waals surface area contributed by atoms with E-state index in [-0.39, 0.29) is 0 Å². The maximum atomic E-state index is 5.11. The van der Waals surface area contributed by atoms with E-state index in [9.17, 15) is 0 Å². The minimum atomic E-state index is 0.815. The summed E-state index contributed by atoms with van der Waals surface area (Å²) in [5.74, 6) is 0.815. The van der Waals surface area contributed by atoms with Crippen molar-refractivity contribution in [2.75, 3.05) is 0 Å². The van der Waals surface area contributed by atoms with Crippen LogP contribution in [-0.2, 0) is 7.05 Å². The van der Waals surface area contributed by atoms with Crippen LogP contribution in [0.2, 0.25) is 0 Å². The summed E-state index contributed by atoms with van der Waals surface area (Å²) in [6.07, 6.45) is 1.88. The number of benzene rings is 5. The standard InChI is InChI=1S/C33H25N3S/c1-36-31(23-34-29-19-11-12-20-30(29)37-26-17-9-4-10-18-26)35-32-27(24-13-5-2-6-14-24)21-22-28(33(32)36)25-15-7-3-8-16-25/h2-23H,1H3/b34-23+. The molecule has 37 heavy (non-hydrogen) atoms. The maximum Gasteiger partial charge on any atom is 0.152 e. The Bertz CT molecular complexity index is 1690. The SMILES string of the molecule is Cn1c(/C=N/c2ccccc2Sc2ccccc2)nc2c(-c3ccccc3)ccc(-c3ccccc3)c21. The van der Waals surface area contributed by atoms with Gasteiger partial charge in [0.15, 0.2) is 5.82 Å². The second-order valence-corrected chi connectivity index (χ2v) is 9.88. The van der Waals surface area contributed by atoms with Crippen molar-refractivity contribution >= 4 is 34.7 Å². The monoisotopic (exact) mass is 495 g/mol. The van der Waals surface area contributed by atoms with Gasteiger partial charge in [-0.1, -0.05) is 115 Å². The fourth-order valence-corrected chi connectivity index (χ4v) is 5.47. The number of fused-ring (bicyclic) bond motifs is 1. The molecule has 0 atom stereocenters. The number of aromatic nitrogens is 2. The molecule has 0 aliphatic rings.